The van der Waals surface area contributed by atoms with Gasteiger partial charge in [0.2, 0.25) is 0 Å². The van der Waals surface area contributed by atoms with E-state index in [2.05, 4.69) is 46.5 Å². The van der Waals surface area contributed by atoms with Gasteiger partial charge in [0.05, 0.1) is 10.9 Å². The van der Waals surface area contributed by atoms with Crippen LogP contribution < -0.4 is 10.9 Å². The van der Waals surface area contributed by atoms with Gasteiger partial charge in [-0.3, -0.25) is 4.79 Å². The van der Waals surface area contributed by atoms with Crippen molar-refractivity contribution < 1.29 is 9.71 Å². The number of hydrogen-bond donors (Lipinski definition) is 2. The van der Waals surface area contributed by atoms with E-state index in [9.17, 15) is 9.18 Å². The minimum atomic E-state index is -0.263. The zero-order chi connectivity index (χ0) is 21.1. The highest BCUT2D eigenvalue weighted by Crippen LogP contribution is 2.21. The number of rotatable bonds is 6. The topological polar surface area (TPSA) is 62.4 Å². The number of para-hydroxylation sites is 1. The number of aromatic nitrogens is 2. The van der Waals surface area contributed by atoms with Crippen molar-refractivity contribution in [3.63, 3.8) is 0 Å². The Kier molecular flexibility index (Phi) is 5.72. The van der Waals surface area contributed by atoms with Crippen LogP contribution in [0.25, 0.3) is 10.9 Å². The Hall–Kier alpha value is -3.31. The molecular weight excluding hydrogens is 377 g/mol. The Labute approximate surface area is 174 Å². The Morgan fingerprint density at radius 2 is 1.77 bits per heavy atom. The highest BCUT2D eigenvalue weighted by molar-refractivity contribution is 5.77. The number of nitrogens with one attached hydrogen (secondary N) is 1. The molecule has 5 heteroatoms. The summed E-state index contributed by atoms with van der Waals surface area (Å²) in [6.45, 7) is 4.12. The molecule has 3 aromatic carbocycles. The summed E-state index contributed by atoms with van der Waals surface area (Å²) >= 11 is 0. The first kappa shape index (κ1) is 20.0. The van der Waals surface area contributed by atoms with Gasteiger partial charge in [0.1, 0.15) is 17.9 Å². The van der Waals surface area contributed by atoms with Crippen LogP contribution in [-0.4, -0.2) is 9.97 Å². The van der Waals surface area contributed by atoms with E-state index in [4.69, 9.17) is 0 Å². The molecule has 30 heavy (non-hydrogen) atoms. The van der Waals surface area contributed by atoms with E-state index in [0.29, 0.717) is 16.7 Å². The zero-order valence-corrected chi connectivity index (χ0v) is 17.1. The summed E-state index contributed by atoms with van der Waals surface area (Å²) in [6.07, 6.45) is 0.966. The van der Waals surface area contributed by atoms with Crippen molar-refractivity contribution >= 4 is 10.9 Å². The van der Waals surface area contributed by atoms with Crippen LogP contribution in [0.1, 0.15) is 48.4 Å². The second kappa shape index (κ2) is 8.59. The van der Waals surface area contributed by atoms with E-state index in [0.717, 1.165) is 17.5 Å². The number of fused-ring (bicyclic) bond motifs is 1. The minimum absolute atomic E-state index is 0.127. The number of aromatic amines is 1. The third-order valence-electron chi connectivity index (χ3n) is 5.50. The van der Waals surface area contributed by atoms with Crippen LogP contribution in [0.15, 0.2) is 77.6 Å². The monoisotopic (exact) mass is 402 g/mol. The van der Waals surface area contributed by atoms with E-state index in [1.807, 2.05) is 31.2 Å². The third kappa shape index (κ3) is 4.16. The zero-order valence-electron chi connectivity index (χ0n) is 17.1. The van der Waals surface area contributed by atoms with E-state index in [1.54, 1.807) is 18.2 Å². The molecule has 152 valence electrons. The van der Waals surface area contributed by atoms with Gasteiger partial charge in [0.25, 0.3) is 5.56 Å². The third-order valence-corrected chi connectivity index (χ3v) is 5.50. The van der Waals surface area contributed by atoms with Crippen molar-refractivity contribution in [1.29, 1.82) is 0 Å². The van der Waals surface area contributed by atoms with Gasteiger partial charge in [-0.2, -0.15) is 0 Å². The fourth-order valence-electron chi connectivity index (χ4n) is 3.78. The van der Waals surface area contributed by atoms with Crippen LogP contribution in [0, 0.1) is 5.82 Å². The lowest BCUT2D eigenvalue weighted by molar-refractivity contribution is -0.724. The predicted octanol–water partition coefficient (Wildman–Crippen LogP) is 4.04. The molecule has 0 aliphatic carbocycles. The summed E-state index contributed by atoms with van der Waals surface area (Å²) in [5.74, 6) is 0.339. The first-order valence-electron chi connectivity index (χ1n) is 10.2. The van der Waals surface area contributed by atoms with Gasteiger partial charge >= 0.3 is 0 Å². The molecule has 1 aromatic heterocycles. The van der Waals surface area contributed by atoms with Gasteiger partial charge < -0.3 is 10.3 Å². The number of benzene rings is 3. The number of quaternary nitrogens is 1. The second-order valence-corrected chi connectivity index (χ2v) is 7.58. The highest BCUT2D eigenvalue weighted by Gasteiger charge is 2.23. The Bertz CT molecular complexity index is 1220. The molecule has 0 saturated carbocycles. The van der Waals surface area contributed by atoms with Crippen LogP contribution in [0.3, 0.4) is 0 Å². The van der Waals surface area contributed by atoms with Crippen LogP contribution in [-0.2, 0) is 6.42 Å². The van der Waals surface area contributed by atoms with Crippen LogP contribution in [0.4, 0.5) is 4.39 Å². The van der Waals surface area contributed by atoms with Gasteiger partial charge in [0.15, 0.2) is 5.82 Å². The number of hydrogen-bond acceptors (Lipinski definition) is 2. The Balaban J connectivity index is 1.71. The number of halogens is 1. The highest BCUT2D eigenvalue weighted by atomic mass is 19.1. The molecule has 0 bridgehead atoms. The Morgan fingerprint density at radius 3 is 2.50 bits per heavy atom. The molecule has 1 heterocycles. The van der Waals surface area contributed by atoms with E-state index in [1.165, 1.54) is 11.6 Å². The van der Waals surface area contributed by atoms with Crippen LogP contribution >= 0.6 is 0 Å². The summed E-state index contributed by atoms with van der Waals surface area (Å²) in [6, 6.07) is 22.1. The van der Waals surface area contributed by atoms with Crippen molar-refractivity contribution in [2.24, 2.45) is 0 Å². The molecule has 0 radical (unpaired) electrons. The summed E-state index contributed by atoms with van der Waals surface area (Å²) in [7, 11) is 0. The molecule has 4 rings (SSSR count). The number of nitrogens with zero attached hydrogens (tertiary/aromatic N) is 1. The molecule has 0 amide bonds. The summed E-state index contributed by atoms with van der Waals surface area (Å²) in [5.41, 5.74) is 3.73. The Morgan fingerprint density at radius 1 is 1.00 bits per heavy atom. The maximum Gasteiger partial charge on any atom is 0.258 e. The molecular formula is C25H25FN3O+. The molecule has 2 atom stereocenters. The first-order valence-corrected chi connectivity index (χ1v) is 10.2. The van der Waals surface area contributed by atoms with Gasteiger partial charge in [-0.05, 0) is 43.2 Å². The van der Waals surface area contributed by atoms with Crippen molar-refractivity contribution in [3.05, 3.63) is 111 Å². The minimum Gasteiger partial charge on any atom is -0.328 e. The summed E-state index contributed by atoms with van der Waals surface area (Å²) in [4.78, 5) is 20.1. The second-order valence-electron chi connectivity index (χ2n) is 7.58. The van der Waals surface area contributed by atoms with Gasteiger partial charge in [0, 0.05) is 11.1 Å². The van der Waals surface area contributed by atoms with Gasteiger partial charge in [-0.15, -0.1) is 0 Å². The maximum absolute atomic E-state index is 14.0. The first-order chi connectivity index (χ1) is 14.5. The molecule has 4 aromatic rings. The molecule has 3 N–H and O–H groups in total. The number of nitrogens with two attached hydrogens (primary N) is 1. The lowest BCUT2D eigenvalue weighted by atomic mass is 9.96. The van der Waals surface area contributed by atoms with Gasteiger partial charge in [-0.25, -0.2) is 9.37 Å². The summed E-state index contributed by atoms with van der Waals surface area (Å²) < 4.78 is 14.0. The van der Waals surface area contributed by atoms with Gasteiger partial charge in [-0.1, -0.05) is 55.5 Å². The standard InChI is InChI=1S/C25H24FN3O/c1-3-17-11-13-18(14-12-17)23(19-7-6-8-20(26)15-19)27-16(2)24-28-22-10-5-4-9-21(22)25(30)29-24/h4-16,23,27H,3H2,1-2H3,(H,28,29,30)/p+1/t16-,23-/m1/s1. The molecule has 0 unspecified atom stereocenters. The maximum atomic E-state index is 14.0. The molecule has 0 aliphatic rings. The number of aryl methyl sites for hydroxylation is 1. The van der Waals surface area contributed by atoms with Crippen LogP contribution in [0.5, 0.6) is 0 Å². The van der Waals surface area contributed by atoms with Crippen molar-refractivity contribution in [2.75, 3.05) is 0 Å². The van der Waals surface area contributed by atoms with E-state index < -0.39 is 0 Å². The predicted molar refractivity (Wildman–Crippen MR) is 117 cm³/mol. The lowest BCUT2D eigenvalue weighted by Crippen LogP contribution is -2.86. The average Bonchev–Trinajstić information content (AvgIpc) is 2.77. The quantitative estimate of drug-likeness (QED) is 0.511. The smallest absolute Gasteiger partial charge is 0.258 e. The normalized spacial score (nSPS) is 13.3. The van der Waals surface area contributed by atoms with E-state index in [-0.39, 0.29) is 23.5 Å². The molecule has 0 fully saturated rings. The van der Waals surface area contributed by atoms with Crippen molar-refractivity contribution in [1.82, 2.24) is 9.97 Å². The molecule has 0 saturated heterocycles. The molecule has 4 nitrogen and oxygen atoms in total. The molecule has 0 spiro atoms. The fourth-order valence-corrected chi connectivity index (χ4v) is 3.78. The fraction of sp³-hybridized carbons (Fsp3) is 0.200. The summed E-state index contributed by atoms with van der Waals surface area (Å²) in [5, 5.41) is 2.69. The van der Waals surface area contributed by atoms with Crippen molar-refractivity contribution in [3.8, 4) is 0 Å². The average molecular weight is 402 g/mol. The largest absolute Gasteiger partial charge is 0.328 e. The van der Waals surface area contributed by atoms with Crippen molar-refractivity contribution in [2.45, 2.75) is 32.4 Å². The van der Waals surface area contributed by atoms with E-state index >= 15 is 0 Å². The molecule has 0 aliphatic heterocycles. The van der Waals surface area contributed by atoms with Crippen LogP contribution in [0.2, 0.25) is 0 Å². The SMILES string of the molecule is CCc1ccc([C@@H]([NH2+][C@H](C)c2nc3ccccc3c(=O)[nH]2)c2cccc(F)c2)cc1. The lowest BCUT2D eigenvalue weighted by Gasteiger charge is -2.21. The number of H-pyrrole nitrogens is 1.